The van der Waals surface area contributed by atoms with Gasteiger partial charge < -0.3 is 14.8 Å². The topological polar surface area (TPSA) is 50.8 Å². The van der Waals surface area contributed by atoms with Gasteiger partial charge in [-0.2, -0.15) is 0 Å². The fraction of sp³-hybridized carbons (Fsp3) is 0.222. The van der Waals surface area contributed by atoms with Crippen LogP contribution >= 0.6 is 0 Å². The molecule has 5 heteroatoms. The summed E-state index contributed by atoms with van der Waals surface area (Å²) >= 11 is 0. The molecule has 32 heavy (non-hydrogen) atoms. The van der Waals surface area contributed by atoms with E-state index in [0.29, 0.717) is 11.5 Å². The SMILES string of the molecule is COc1ccccc1Oc1cccc(CN2CC[C@@H](NC(=O)C=Cc3ccccc3)C2)c1. The standard InChI is InChI=1S/C27H28N2O3/c1-31-25-12-5-6-13-26(25)32-24-11-7-10-22(18-24)19-29-17-16-23(20-29)28-27(30)15-14-21-8-3-2-4-9-21/h2-15,18,23H,16-17,19-20H2,1H3,(H,28,30)/t23-/m1/s1. The van der Waals surface area contributed by atoms with E-state index < -0.39 is 0 Å². The summed E-state index contributed by atoms with van der Waals surface area (Å²) in [6.45, 7) is 2.60. The Morgan fingerprint density at radius 1 is 1.03 bits per heavy atom. The zero-order valence-corrected chi connectivity index (χ0v) is 18.2. The highest BCUT2D eigenvalue weighted by Gasteiger charge is 2.23. The van der Waals surface area contributed by atoms with E-state index in [-0.39, 0.29) is 11.9 Å². The van der Waals surface area contributed by atoms with Crippen molar-refractivity contribution in [3.8, 4) is 17.2 Å². The Bertz CT molecular complexity index is 1070. The van der Waals surface area contributed by atoms with Crippen molar-refractivity contribution in [2.24, 2.45) is 0 Å². The van der Waals surface area contributed by atoms with Crippen molar-refractivity contribution >= 4 is 12.0 Å². The van der Waals surface area contributed by atoms with Gasteiger partial charge >= 0.3 is 0 Å². The zero-order chi connectivity index (χ0) is 22.2. The number of para-hydroxylation sites is 2. The minimum Gasteiger partial charge on any atom is -0.493 e. The van der Waals surface area contributed by atoms with E-state index in [4.69, 9.17) is 9.47 Å². The summed E-state index contributed by atoms with van der Waals surface area (Å²) in [6, 6.07) is 25.7. The van der Waals surface area contributed by atoms with Gasteiger partial charge in [0.25, 0.3) is 0 Å². The van der Waals surface area contributed by atoms with Crippen LogP contribution in [0.15, 0.2) is 84.9 Å². The highest BCUT2D eigenvalue weighted by atomic mass is 16.5. The van der Waals surface area contributed by atoms with Gasteiger partial charge in [0.05, 0.1) is 7.11 Å². The summed E-state index contributed by atoms with van der Waals surface area (Å²) in [5, 5.41) is 3.12. The third-order valence-electron chi connectivity index (χ3n) is 5.45. The lowest BCUT2D eigenvalue weighted by Gasteiger charge is -2.17. The molecule has 1 saturated heterocycles. The summed E-state index contributed by atoms with van der Waals surface area (Å²) in [4.78, 5) is 14.6. The molecule has 1 N–H and O–H groups in total. The molecule has 3 aromatic carbocycles. The first-order valence-corrected chi connectivity index (χ1v) is 10.9. The van der Waals surface area contributed by atoms with Gasteiger partial charge in [0.1, 0.15) is 5.75 Å². The van der Waals surface area contributed by atoms with Gasteiger partial charge in [0.15, 0.2) is 11.5 Å². The Labute approximate surface area is 189 Å². The largest absolute Gasteiger partial charge is 0.493 e. The van der Waals surface area contributed by atoms with Crippen LogP contribution < -0.4 is 14.8 Å². The molecular weight excluding hydrogens is 400 g/mol. The number of amides is 1. The molecule has 1 fully saturated rings. The van der Waals surface area contributed by atoms with Gasteiger partial charge in [-0.05, 0) is 47.9 Å². The summed E-state index contributed by atoms with van der Waals surface area (Å²) in [5.74, 6) is 2.13. The van der Waals surface area contributed by atoms with Crippen LogP contribution in [0.1, 0.15) is 17.5 Å². The minimum atomic E-state index is -0.0482. The molecule has 0 radical (unpaired) electrons. The van der Waals surface area contributed by atoms with Crippen LogP contribution in [0.5, 0.6) is 17.2 Å². The molecule has 1 amide bonds. The molecule has 0 aliphatic carbocycles. The van der Waals surface area contributed by atoms with Gasteiger partial charge in [-0.3, -0.25) is 9.69 Å². The summed E-state index contributed by atoms with van der Waals surface area (Å²) in [7, 11) is 1.64. The monoisotopic (exact) mass is 428 g/mol. The van der Waals surface area contributed by atoms with Gasteiger partial charge in [-0.1, -0.05) is 54.6 Å². The molecule has 1 atom stereocenters. The van der Waals surface area contributed by atoms with Gasteiger partial charge in [0.2, 0.25) is 5.91 Å². The Kier molecular flexibility index (Phi) is 7.20. The number of carbonyl (C=O) groups is 1. The van der Waals surface area contributed by atoms with E-state index in [9.17, 15) is 4.79 Å². The smallest absolute Gasteiger partial charge is 0.244 e. The number of carbonyl (C=O) groups excluding carboxylic acids is 1. The van der Waals surface area contributed by atoms with Crippen LogP contribution in [0, 0.1) is 0 Å². The molecule has 0 unspecified atom stereocenters. The summed E-state index contributed by atoms with van der Waals surface area (Å²) < 4.78 is 11.4. The van der Waals surface area contributed by atoms with Gasteiger partial charge in [-0.25, -0.2) is 0 Å². The second-order valence-electron chi connectivity index (χ2n) is 7.87. The predicted octanol–water partition coefficient (Wildman–Crippen LogP) is 4.89. The zero-order valence-electron chi connectivity index (χ0n) is 18.2. The molecule has 1 aliphatic heterocycles. The maximum Gasteiger partial charge on any atom is 0.244 e. The molecule has 164 valence electrons. The number of ether oxygens (including phenoxy) is 2. The van der Waals surface area contributed by atoms with E-state index in [1.54, 1.807) is 13.2 Å². The van der Waals surface area contributed by atoms with E-state index in [1.807, 2.05) is 72.8 Å². The second-order valence-corrected chi connectivity index (χ2v) is 7.87. The highest BCUT2D eigenvalue weighted by molar-refractivity contribution is 5.91. The molecule has 0 bridgehead atoms. The van der Waals surface area contributed by atoms with Crippen molar-refractivity contribution in [2.45, 2.75) is 19.0 Å². The molecule has 4 rings (SSSR count). The molecule has 0 saturated carbocycles. The normalized spacial score (nSPS) is 16.2. The van der Waals surface area contributed by atoms with Crippen LogP contribution in [-0.2, 0) is 11.3 Å². The molecule has 3 aromatic rings. The minimum absolute atomic E-state index is 0.0482. The summed E-state index contributed by atoms with van der Waals surface area (Å²) in [5.41, 5.74) is 2.19. The second kappa shape index (κ2) is 10.6. The van der Waals surface area contributed by atoms with Crippen LogP contribution in [-0.4, -0.2) is 37.0 Å². The third-order valence-corrected chi connectivity index (χ3v) is 5.45. The number of hydrogen-bond acceptors (Lipinski definition) is 4. The van der Waals surface area contributed by atoms with E-state index >= 15 is 0 Å². The van der Waals surface area contributed by atoms with E-state index in [2.05, 4.69) is 22.3 Å². The average molecular weight is 429 g/mol. The fourth-order valence-corrected chi connectivity index (χ4v) is 3.88. The summed E-state index contributed by atoms with van der Waals surface area (Å²) in [6.07, 6.45) is 4.40. The van der Waals surface area contributed by atoms with Gasteiger partial charge in [0, 0.05) is 31.8 Å². The lowest BCUT2D eigenvalue weighted by molar-refractivity contribution is -0.117. The Balaban J connectivity index is 1.29. The number of likely N-dealkylation sites (tertiary alicyclic amines) is 1. The van der Waals surface area contributed by atoms with Crippen molar-refractivity contribution in [3.63, 3.8) is 0 Å². The lowest BCUT2D eigenvalue weighted by Crippen LogP contribution is -2.35. The van der Waals surface area contributed by atoms with Crippen molar-refractivity contribution in [3.05, 3.63) is 96.1 Å². The lowest BCUT2D eigenvalue weighted by atomic mass is 10.2. The number of methoxy groups -OCH3 is 1. The number of nitrogens with zero attached hydrogens (tertiary/aromatic N) is 1. The molecule has 1 aliphatic rings. The Hall–Kier alpha value is -3.57. The molecule has 1 heterocycles. The first kappa shape index (κ1) is 21.7. The molecule has 0 spiro atoms. The van der Waals surface area contributed by atoms with Crippen LogP contribution in [0.25, 0.3) is 6.08 Å². The average Bonchev–Trinajstić information content (AvgIpc) is 3.25. The van der Waals surface area contributed by atoms with Crippen molar-refractivity contribution in [2.75, 3.05) is 20.2 Å². The number of rotatable bonds is 8. The van der Waals surface area contributed by atoms with E-state index in [0.717, 1.165) is 37.4 Å². The van der Waals surface area contributed by atoms with Crippen molar-refractivity contribution in [1.29, 1.82) is 0 Å². The maximum atomic E-state index is 12.3. The highest BCUT2D eigenvalue weighted by Crippen LogP contribution is 2.31. The predicted molar refractivity (Wildman–Crippen MR) is 127 cm³/mol. The fourth-order valence-electron chi connectivity index (χ4n) is 3.88. The molecule has 5 nitrogen and oxygen atoms in total. The first-order chi connectivity index (χ1) is 15.7. The quantitative estimate of drug-likeness (QED) is 0.519. The van der Waals surface area contributed by atoms with Crippen LogP contribution in [0.3, 0.4) is 0 Å². The maximum absolute atomic E-state index is 12.3. The number of benzene rings is 3. The van der Waals surface area contributed by atoms with Crippen LogP contribution in [0.4, 0.5) is 0 Å². The first-order valence-electron chi connectivity index (χ1n) is 10.9. The molecular formula is C27H28N2O3. The number of hydrogen-bond donors (Lipinski definition) is 1. The van der Waals surface area contributed by atoms with Crippen molar-refractivity contribution < 1.29 is 14.3 Å². The van der Waals surface area contributed by atoms with E-state index in [1.165, 1.54) is 5.56 Å². The Morgan fingerprint density at radius 3 is 2.62 bits per heavy atom. The Morgan fingerprint density at radius 2 is 1.81 bits per heavy atom. The van der Waals surface area contributed by atoms with Crippen molar-refractivity contribution in [1.82, 2.24) is 10.2 Å². The van der Waals surface area contributed by atoms with Crippen LogP contribution in [0.2, 0.25) is 0 Å². The van der Waals surface area contributed by atoms with Gasteiger partial charge in [-0.15, -0.1) is 0 Å². The number of nitrogens with one attached hydrogen (secondary N) is 1. The third kappa shape index (κ3) is 5.99. The molecule has 0 aromatic heterocycles.